The van der Waals surface area contributed by atoms with Crippen molar-refractivity contribution in [3.63, 3.8) is 0 Å². The zero-order valence-electron chi connectivity index (χ0n) is 12.0. The summed E-state index contributed by atoms with van der Waals surface area (Å²) in [5, 5.41) is 12.2. The Kier molecular flexibility index (Phi) is 4.45. The van der Waals surface area contributed by atoms with Crippen LogP contribution in [0.15, 0.2) is 42.5 Å². The molecular formula is C16H18N2O3. The molecule has 0 aromatic heterocycles. The number of hydrogen-bond donors (Lipinski definition) is 3. The molecule has 0 bridgehead atoms. The Labute approximate surface area is 123 Å². The third-order valence-electron chi connectivity index (χ3n) is 3.14. The third kappa shape index (κ3) is 3.52. The van der Waals surface area contributed by atoms with Crippen LogP contribution in [0.4, 0.5) is 11.4 Å². The average molecular weight is 286 g/mol. The lowest BCUT2D eigenvalue weighted by atomic mass is 10.1. The predicted octanol–water partition coefficient (Wildman–Crippen LogP) is 2.58. The van der Waals surface area contributed by atoms with Crippen molar-refractivity contribution in [3.8, 4) is 5.75 Å². The Balaban J connectivity index is 2.12. The molecule has 21 heavy (non-hydrogen) atoms. The summed E-state index contributed by atoms with van der Waals surface area (Å²) >= 11 is 0. The molecule has 0 saturated heterocycles. The van der Waals surface area contributed by atoms with Crippen LogP contribution in [0.25, 0.3) is 0 Å². The topological polar surface area (TPSA) is 84.6 Å². The van der Waals surface area contributed by atoms with E-state index >= 15 is 0 Å². The van der Waals surface area contributed by atoms with Gasteiger partial charge in [-0.15, -0.1) is 0 Å². The van der Waals surface area contributed by atoms with E-state index in [1.807, 2.05) is 0 Å². The molecule has 1 atom stereocenters. The first-order valence-electron chi connectivity index (χ1n) is 6.54. The van der Waals surface area contributed by atoms with Gasteiger partial charge in [0.05, 0.1) is 18.9 Å². The number of ether oxygens (including phenoxy) is 1. The fraction of sp³-hybridized carbons (Fsp3) is 0.188. The molecule has 0 saturated carbocycles. The molecule has 5 nitrogen and oxygen atoms in total. The van der Waals surface area contributed by atoms with Gasteiger partial charge in [-0.1, -0.05) is 12.1 Å². The van der Waals surface area contributed by atoms with Crippen molar-refractivity contribution in [2.45, 2.75) is 13.0 Å². The van der Waals surface area contributed by atoms with Gasteiger partial charge in [0.25, 0.3) is 5.91 Å². The van der Waals surface area contributed by atoms with Crippen LogP contribution in [0.1, 0.15) is 28.9 Å². The number of rotatable bonds is 4. The van der Waals surface area contributed by atoms with Crippen LogP contribution in [0.5, 0.6) is 5.75 Å². The molecule has 2 aromatic carbocycles. The molecule has 1 amide bonds. The average Bonchev–Trinajstić information content (AvgIpc) is 2.47. The van der Waals surface area contributed by atoms with Gasteiger partial charge < -0.3 is 20.9 Å². The second-order valence-electron chi connectivity index (χ2n) is 4.71. The first-order chi connectivity index (χ1) is 10.0. The summed E-state index contributed by atoms with van der Waals surface area (Å²) in [6, 6.07) is 11.9. The van der Waals surface area contributed by atoms with Gasteiger partial charge in [-0.05, 0) is 42.8 Å². The van der Waals surface area contributed by atoms with Crippen molar-refractivity contribution in [1.29, 1.82) is 0 Å². The Hall–Kier alpha value is -2.53. The van der Waals surface area contributed by atoms with Gasteiger partial charge in [0.15, 0.2) is 0 Å². The van der Waals surface area contributed by atoms with Crippen LogP contribution in [0.2, 0.25) is 0 Å². The van der Waals surface area contributed by atoms with E-state index in [0.29, 0.717) is 22.7 Å². The minimum atomic E-state index is -0.531. The Morgan fingerprint density at radius 3 is 2.43 bits per heavy atom. The number of carbonyl (C=O) groups excluding carboxylic acids is 1. The fourth-order valence-electron chi connectivity index (χ4n) is 1.92. The third-order valence-corrected chi connectivity index (χ3v) is 3.14. The van der Waals surface area contributed by atoms with Crippen molar-refractivity contribution in [2.75, 3.05) is 18.2 Å². The maximum atomic E-state index is 12.1. The SMILES string of the molecule is COc1ccc(C(=O)Nc2ccc([C@H](C)O)cc2)cc1N. The van der Waals surface area contributed by atoms with Crippen LogP contribution < -0.4 is 15.8 Å². The fourth-order valence-corrected chi connectivity index (χ4v) is 1.92. The largest absolute Gasteiger partial charge is 0.495 e. The van der Waals surface area contributed by atoms with E-state index in [2.05, 4.69) is 5.32 Å². The monoisotopic (exact) mass is 286 g/mol. The predicted molar refractivity (Wildman–Crippen MR) is 82.4 cm³/mol. The number of anilines is 2. The van der Waals surface area contributed by atoms with Crippen molar-refractivity contribution >= 4 is 17.3 Å². The van der Waals surface area contributed by atoms with E-state index in [-0.39, 0.29) is 5.91 Å². The van der Waals surface area contributed by atoms with Crippen LogP contribution in [-0.2, 0) is 0 Å². The molecule has 0 fully saturated rings. The first kappa shape index (κ1) is 14.9. The Morgan fingerprint density at radius 1 is 1.24 bits per heavy atom. The molecule has 4 N–H and O–H groups in total. The lowest BCUT2D eigenvalue weighted by Gasteiger charge is -2.09. The van der Waals surface area contributed by atoms with Gasteiger partial charge in [-0.2, -0.15) is 0 Å². The zero-order valence-corrected chi connectivity index (χ0v) is 12.0. The number of hydrogen-bond acceptors (Lipinski definition) is 4. The van der Waals surface area contributed by atoms with E-state index in [4.69, 9.17) is 10.5 Å². The van der Waals surface area contributed by atoms with E-state index in [1.165, 1.54) is 7.11 Å². The van der Waals surface area contributed by atoms with Crippen LogP contribution in [0.3, 0.4) is 0 Å². The molecule has 0 spiro atoms. The quantitative estimate of drug-likeness (QED) is 0.754. The van der Waals surface area contributed by atoms with Crippen LogP contribution >= 0.6 is 0 Å². The van der Waals surface area contributed by atoms with Crippen molar-refractivity contribution < 1.29 is 14.6 Å². The number of aliphatic hydroxyl groups excluding tert-OH is 1. The number of benzene rings is 2. The molecular weight excluding hydrogens is 268 g/mol. The lowest BCUT2D eigenvalue weighted by molar-refractivity contribution is 0.102. The highest BCUT2D eigenvalue weighted by molar-refractivity contribution is 6.05. The number of nitrogen functional groups attached to an aromatic ring is 1. The highest BCUT2D eigenvalue weighted by atomic mass is 16.5. The van der Waals surface area contributed by atoms with Gasteiger partial charge in [0.2, 0.25) is 0 Å². The highest BCUT2D eigenvalue weighted by Gasteiger charge is 2.09. The first-order valence-corrected chi connectivity index (χ1v) is 6.54. The van der Waals surface area contributed by atoms with Crippen molar-refractivity contribution in [1.82, 2.24) is 0 Å². The maximum Gasteiger partial charge on any atom is 0.255 e. The van der Waals surface area contributed by atoms with Gasteiger partial charge in [-0.3, -0.25) is 4.79 Å². The minimum Gasteiger partial charge on any atom is -0.495 e. The van der Waals surface area contributed by atoms with Gasteiger partial charge in [0.1, 0.15) is 5.75 Å². The normalized spacial score (nSPS) is 11.8. The van der Waals surface area contributed by atoms with E-state index in [9.17, 15) is 9.90 Å². The summed E-state index contributed by atoms with van der Waals surface area (Å²) in [5.41, 5.74) is 8.09. The molecule has 0 radical (unpaired) electrons. The van der Waals surface area contributed by atoms with E-state index in [0.717, 1.165) is 5.56 Å². The molecule has 2 aromatic rings. The summed E-state index contributed by atoms with van der Waals surface area (Å²) < 4.78 is 5.05. The Morgan fingerprint density at radius 2 is 1.90 bits per heavy atom. The lowest BCUT2D eigenvalue weighted by Crippen LogP contribution is -2.12. The highest BCUT2D eigenvalue weighted by Crippen LogP contribution is 2.22. The van der Waals surface area contributed by atoms with Crippen LogP contribution in [-0.4, -0.2) is 18.1 Å². The van der Waals surface area contributed by atoms with E-state index < -0.39 is 6.10 Å². The minimum absolute atomic E-state index is 0.255. The number of aliphatic hydroxyl groups is 1. The standard InChI is InChI=1S/C16H18N2O3/c1-10(19)11-3-6-13(7-4-11)18-16(20)12-5-8-15(21-2)14(17)9-12/h3-10,19H,17H2,1-2H3,(H,18,20)/t10-/m0/s1. The summed E-state index contributed by atoms with van der Waals surface area (Å²) in [5.74, 6) is 0.280. The number of methoxy groups -OCH3 is 1. The Bertz CT molecular complexity index is 636. The smallest absolute Gasteiger partial charge is 0.255 e. The molecule has 2 rings (SSSR count). The molecule has 0 unspecified atom stereocenters. The summed E-state index contributed by atoms with van der Waals surface area (Å²) in [7, 11) is 1.52. The molecule has 0 aliphatic rings. The molecule has 0 heterocycles. The van der Waals surface area contributed by atoms with Gasteiger partial charge in [-0.25, -0.2) is 0 Å². The number of nitrogens with one attached hydrogen (secondary N) is 1. The van der Waals surface area contributed by atoms with Crippen molar-refractivity contribution in [2.24, 2.45) is 0 Å². The number of nitrogens with two attached hydrogens (primary N) is 1. The second-order valence-corrected chi connectivity index (χ2v) is 4.71. The molecule has 110 valence electrons. The number of carbonyl (C=O) groups is 1. The van der Waals surface area contributed by atoms with Crippen LogP contribution in [0, 0.1) is 0 Å². The maximum absolute atomic E-state index is 12.1. The summed E-state index contributed by atoms with van der Waals surface area (Å²) in [6.07, 6.45) is -0.531. The number of amides is 1. The van der Waals surface area contributed by atoms with Crippen molar-refractivity contribution in [3.05, 3.63) is 53.6 Å². The van der Waals surface area contributed by atoms with Gasteiger partial charge in [0, 0.05) is 11.3 Å². The molecule has 0 aliphatic heterocycles. The van der Waals surface area contributed by atoms with Gasteiger partial charge >= 0.3 is 0 Å². The zero-order chi connectivity index (χ0) is 15.4. The second kappa shape index (κ2) is 6.28. The summed E-state index contributed by atoms with van der Waals surface area (Å²) in [6.45, 7) is 1.69. The summed E-state index contributed by atoms with van der Waals surface area (Å²) in [4.78, 5) is 12.1. The van der Waals surface area contributed by atoms with E-state index in [1.54, 1.807) is 49.4 Å². The molecule has 5 heteroatoms. The molecule has 0 aliphatic carbocycles.